The van der Waals surface area contributed by atoms with E-state index in [0.29, 0.717) is 5.92 Å². The Morgan fingerprint density at radius 2 is 1.93 bits per heavy atom. The molecule has 1 N–H and O–H groups in total. The van der Waals surface area contributed by atoms with E-state index >= 15 is 0 Å². The fourth-order valence-corrected chi connectivity index (χ4v) is 3.67. The topological polar surface area (TPSA) is 55.3 Å². The van der Waals surface area contributed by atoms with Gasteiger partial charge in [-0.1, -0.05) is 24.3 Å². The van der Waals surface area contributed by atoms with Gasteiger partial charge in [-0.2, -0.15) is 0 Å². The van der Waals surface area contributed by atoms with Gasteiger partial charge in [0.05, 0.1) is 20.8 Å². The normalized spacial score (nSPS) is 15.3. The van der Waals surface area contributed by atoms with Crippen molar-refractivity contribution in [1.29, 1.82) is 0 Å². The van der Waals surface area contributed by atoms with Crippen LogP contribution in [-0.2, 0) is 6.42 Å². The Morgan fingerprint density at radius 1 is 1.17 bits per heavy atom. The summed E-state index contributed by atoms with van der Waals surface area (Å²) in [5.74, 6) is 3.83. The second-order valence-electron chi connectivity index (χ2n) is 7.16. The molecule has 0 saturated heterocycles. The highest BCUT2D eigenvalue weighted by molar-refractivity contribution is 14.0. The first-order valence-corrected chi connectivity index (χ1v) is 10.0. The molecule has 7 heteroatoms. The SMILES string of the molecule is CN=C(NCC1CCOc2ccccc21)N(C)CCc1ccc(OC)c(OC)c1.I. The van der Waals surface area contributed by atoms with E-state index in [2.05, 4.69) is 40.5 Å². The van der Waals surface area contributed by atoms with Crippen molar-refractivity contribution in [2.75, 3.05) is 48.0 Å². The van der Waals surface area contributed by atoms with Gasteiger partial charge >= 0.3 is 0 Å². The molecule has 0 aromatic heterocycles. The third-order valence-electron chi connectivity index (χ3n) is 5.35. The highest BCUT2D eigenvalue weighted by Gasteiger charge is 2.21. The number of likely N-dealkylation sites (N-methyl/N-ethyl adjacent to an activating group) is 1. The highest BCUT2D eigenvalue weighted by atomic mass is 127. The average Bonchev–Trinajstić information content (AvgIpc) is 2.77. The van der Waals surface area contributed by atoms with Crippen molar-refractivity contribution in [3.8, 4) is 17.2 Å². The number of guanidine groups is 1. The summed E-state index contributed by atoms with van der Waals surface area (Å²) in [6.45, 7) is 2.45. The van der Waals surface area contributed by atoms with Crippen LogP contribution in [0.5, 0.6) is 17.2 Å². The van der Waals surface area contributed by atoms with Crippen LogP contribution in [0.3, 0.4) is 0 Å². The number of aliphatic imine (C=N–C) groups is 1. The van der Waals surface area contributed by atoms with Crippen LogP contribution in [0.1, 0.15) is 23.5 Å². The average molecular weight is 525 g/mol. The van der Waals surface area contributed by atoms with E-state index in [-0.39, 0.29) is 24.0 Å². The van der Waals surface area contributed by atoms with Gasteiger partial charge in [0.15, 0.2) is 17.5 Å². The Balaban J connectivity index is 0.00000320. The van der Waals surface area contributed by atoms with Gasteiger partial charge in [0.25, 0.3) is 0 Å². The smallest absolute Gasteiger partial charge is 0.193 e. The quantitative estimate of drug-likeness (QED) is 0.337. The van der Waals surface area contributed by atoms with Crippen molar-refractivity contribution in [3.05, 3.63) is 53.6 Å². The first kappa shape index (κ1) is 24.1. The van der Waals surface area contributed by atoms with Gasteiger partial charge in [0.2, 0.25) is 0 Å². The maximum absolute atomic E-state index is 5.77. The summed E-state index contributed by atoms with van der Waals surface area (Å²) in [7, 11) is 7.20. The van der Waals surface area contributed by atoms with Gasteiger partial charge in [-0.15, -0.1) is 24.0 Å². The fraction of sp³-hybridized carbons (Fsp3) is 0.435. The third-order valence-corrected chi connectivity index (χ3v) is 5.35. The summed E-state index contributed by atoms with van der Waals surface area (Å²) in [5.41, 5.74) is 2.47. The number of nitrogens with zero attached hydrogens (tertiary/aromatic N) is 2. The van der Waals surface area contributed by atoms with Crippen molar-refractivity contribution in [2.24, 2.45) is 4.99 Å². The third kappa shape index (κ3) is 5.93. The van der Waals surface area contributed by atoms with Crippen molar-refractivity contribution in [1.82, 2.24) is 10.2 Å². The lowest BCUT2D eigenvalue weighted by molar-refractivity contribution is 0.266. The number of ether oxygens (including phenoxy) is 3. The number of nitrogens with one attached hydrogen (secondary N) is 1. The monoisotopic (exact) mass is 525 g/mol. The lowest BCUT2D eigenvalue weighted by Crippen LogP contribution is -2.42. The maximum Gasteiger partial charge on any atom is 0.193 e. The Hall–Kier alpha value is -2.16. The van der Waals surface area contributed by atoms with E-state index in [0.717, 1.165) is 55.7 Å². The summed E-state index contributed by atoms with van der Waals surface area (Å²) in [6, 6.07) is 14.4. The summed E-state index contributed by atoms with van der Waals surface area (Å²) in [4.78, 5) is 6.61. The molecule has 164 valence electrons. The number of fused-ring (bicyclic) bond motifs is 1. The van der Waals surface area contributed by atoms with E-state index in [9.17, 15) is 0 Å². The molecule has 0 fully saturated rings. The first-order chi connectivity index (χ1) is 14.2. The number of hydrogen-bond acceptors (Lipinski definition) is 4. The Morgan fingerprint density at radius 3 is 2.67 bits per heavy atom. The molecule has 0 radical (unpaired) electrons. The molecule has 1 atom stereocenters. The number of methoxy groups -OCH3 is 2. The molecule has 0 amide bonds. The molecule has 2 aromatic carbocycles. The van der Waals surface area contributed by atoms with Crippen molar-refractivity contribution < 1.29 is 14.2 Å². The molecular weight excluding hydrogens is 493 g/mol. The molecule has 3 rings (SSSR count). The molecule has 0 saturated carbocycles. The molecule has 1 aliphatic rings. The van der Waals surface area contributed by atoms with Gasteiger partial charge in [0.1, 0.15) is 5.75 Å². The number of halogens is 1. The minimum absolute atomic E-state index is 0. The lowest BCUT2D eigenvalue weighted by atomic mass is 9.93. The van der Waals surface area contributed by atoms with E-state index in [4.69, 9.17) is 14.2 Å². The zero-order valence-corrected chi connectivity index (χ0v) is 20.5. The zero-order chi connectivity index (χ0) is 20.6. The van der Waals surface area contributed by atoms with Gasteiger partial charge < -0.3 is 24.4 Å². The first-order valence-electron chi connectivity index (χ1n) is 10.0. The molecule has 1 heterocycles. The molecule has 0 bridgehead atoms. The van der Waals surface area contributed by atoms with Crippen LogP contribution in [0.2, 0.25) is 0 Å². The molecule has 2 aromatic rings. The van der Waals surface area contributed by atoms with Crippen LogP contribution in [0.15, 0.2) is 47.5 Å². The molecule has 0 aliphatic carbocycles. The predicted octanol–water partition coefficient (Wildman–Crippen LogP) is 3.94. The van der Waals surface area contributed by atoms with Gasteiger partial charge in [-0.25, -0.2) is 0 Å². The summed E-state index contributed by atoms with van der Waals surface area (Å²) in [6.07, 6.45) is 1.90. The van der Waals surface area contributed by atoms with Crippen LogP contribution in [-0.4, -0.2) is 58.9 Å². The van der Waals surface area contributed by atoms with E-state index in [1.54, 1.807) is 14.2 Å². The van der Waals surface area contributed by atoms with E-state index in [1.165, 1.54) is 11.1 Å². The molecule has 1 unspecified atom stereocenters. The number of rotatable bonds is 7. The largest absolute Gasteiger partial charge is 0.493 e. The van der Waals surface area contributed by atoms with Gasteiger partial charge in [-0.05, 0) is 42.2 Å². The number of benzene rings is 2. The zero-order valence-electron chi connectivity index (χ0n) is 18.2. The van der Waals surface area contributed by atoms with Crippen LogP contribution in [0, 0.1) is 0 Å². The predicted molar refractivity (Wildman–Crippen MR) is 132 cm³/mol. The maximum atomic E-state index is 5.77. The minimum Gasteiger partial charge on any atom is -0.493 e. The van der Waals surface area contributed by atoms with Crippen molar-refractivity contribution in [2.45, 2.75) is 18.8 Å². The molecule has 6 nitrogen and oxygen atoms in total. The van der Waals surface area contributed by atoms with Gasteiger partial charge in [0, 0.05) is 33.1 Å². The summed E-state index contributed by atoms with van der Waals surface area (Å²) < 4.78 is 16.5. The van der Waals surface area contributed by atoms with Crippen molar-refractivity contribution >= 4 is 29.9 Å². The second-order valence-corrected chi connectivity index (χ2v) is 7.16. The fourth-order valence-electron chi connectivity index (χ4n) is 3.67. The van der Waals surface area contributed by atoms with E-state index < -0.39 is 0 Å². The minimum atomic E-state index is 0. The number of hydrogen-bond donors (Lipinski definition) is 1. The van der Waals surface area contributed by atoms with Crippen LogP contribution < -0.4 is 19.5 Å². The lowest BCUT2D eigenvalue weighted by Gasteiger charge is -2.28. The highest BCUT2D eigenvalue weighted by Crippen LogP contribution is 2.32. The van der Waals surface area contributed by atoms with Crippen LogP contribution >= 0.6 is 24.0 Å². The second kappa shape index (κ2) is 11.9. The van der Waals surface area contributed by atoms with Gasteiger partial charge in [-0.3, -0.25) is 4.99 Å². The standard InChI is InChI=1S/C23H31N3O3.HI/c1-24-23(25-16-18-12-14-29-20-8-6-5-7-19(18)20)26(2)13-11-17-9-10-21(27-3)22(15-17)28-4;/h5-10,15,18H,11-14,16H2,1-4H3,(H,24,25);1H. The summed E-state index contributed by atoms with van der Waals surface area (Å²) >= 11 is 0. The molecular formula is C23H32IN3O3. The molecule has 1 aliphatic heterocycles. The molecule has 30 heavy (non-hydrogen) atoms. The van der Waals surface area contributed by atoms with Crippen LogP contribution in [0.25, 0.3) is 0 Å². The number of para-hydroxylation sites is 1. The summed E-state index contributed by atoms with van der Waals surface area (Å²) in [5, 5.41) is 3.53. The Labute approximate surface area is 196 Å². The Kier molecular flexibility index (Phi) is 9.55. The van der Waals surface area contributed by atoms with Crippen LogP contribution in [0.4, 0.5) is 0 Å². The molecule has 0 spiro atoms. The van der Waals surface area contributed by atoms with Crippen molar-refractivity contribution in [3.63, 3.8) is 0 Å². The van der Waals surface area contributed by atoms with E-state index in [1.807, 2.05) is 31.3 Å². The Bertz CT molecular complexity index is 844.